The van der Waals surface area contributed by atoms with Gasteiger partial charge in [-0.15, -0.1) is 11.3 Å². The van der Waals surface area contributed by atoms with Gasteiger partial charge in [-0.1, -0.05) is 24.3 Å². The number of amides is 1. The molecule has 0 radical (unpaired) electrons. The molecule has 1 aromatic carbocycles. The molecule has 0 aliphatic heterocycles. The minimum Gasteiger partial charge on any atom is -0.348 e. The van der Waals surface area contributed by atoms with Gasteiger partial charge in [0.25, 0.3) is 0 Å². The first-order valence-electron chi connectivity index (χ1n) is 8.74. The number of nitrogens with one attached hydrogen (secondary N) is 1. The van der Waals surface area contributed by atoms with Crippen LogP contribution in [0.5, 0.6) is 0 Å². The molecule has 1 heterocycles. The van der Waals surface area contributed by atoms with Crippen molar-refractivity contribution in [3.63, 3.8) is 0 Å². The first-order chi connectivity index (χ1) is 11.6. The van der Waals surface area contributed by atoms with E-state index in [1.165, 1.54) is 47.3 Å². The highest BCUT2D eigenvalue weighted by molar-refractivity contribution is 7.09. The number of benzene rings is 1. The fourth-order valence-electron chi connectivity index (χ4n) is 3.36. The highest BCUT2D eigenvalue weighted by atomic mass is 32.1. The number of hydrogen-bond acceptors (Lipinski definition) is 3. The van der Waals surface area contributed by atoms with E-state index in [0.717, 1.165) is 6.54 Å². The zero-order chi connectivity index (χ0) is 16.9. The van der Waals surface area contributed by atoms with E-state index in [1.54, 1.807) is 11.3 Å². The van der Waals surface area contributed by atoms with E-state index in [4.69, 9.17) is 0 Å². The van der Waals surface area contributed by atoms with Crippen molar-refractivity contribution >= 4 is 17.2 Å². The van der Waals surface area contributed by atoms with E-state index in [1.807, 2.05) is 13.1 Å². The molecule has 1 N–H and O–H groups in total. The zero-order valence-electron chi connectivity index (χ0n) is 14.5. The van der Waals surface area contributed by atoms with Crippen LogP contribution in [0.25, 0.3) is 0 Å². The highest BCUT2D eigenvalue weighted by Gasteiger charge is 2.15. The Morgan fingerprint density at radius 3 is 2.79 bits per heavy atom. The summed E-state index contributed by atoms with van der Waals surface area (Å²) in [4.78, 5) is 15.6. The predicted octanol–water partition coefficient (Wildman–Crippen LogP) is 3.94. The second-order valence-corrected chi connectivity index (χ2v) is 7.81. The minimum atomic E-state index is 0.0554. The molecule has 3 rings (SSSR count). The molecule has 3 nitrogen and oxygen atoms in total. The van der Waals surface area contributed by atoms with Crippen molar-refractivity contribution in [1.29, 1.82) is 0 Å². The molecule has 1 amide bonds. The van der Waals surface area contributed by atoms with Gasteiger partial charge in [-0.2, -0.15) is 0 Å². The smallest absolute Gasteiger partial charge is 0.234 e. The van der Waals surface area contributed by atoms with Crippen molar-refractivity contribution in [2.24, 2.45) is 0 Å². The first kappa shape index (κ1) is 17.2. The molecule has 1 aliphatic carbocycles. The van der Waals surface area contributed by atoms with Gasteiger partial charge in [0.05, 0.1) is 12.6 Å². The molecular formula is C20H26N2OS. The van der Waals surface area contributed by atoms with Crippen LogP contribution in [0.2, 0.25) is 0 Å². The van der Waals surface area contributed by atoms with Crippen LogP contribution in [-0.4, -0.2) is 24.4 Å². The number of nitrogens with zero attached hydrogens (tertiary/aromatic N) is 1. The maximum absolute atomic E-state index is 12.3. The summed E-state index contributed by atoms with van der Waals surface area (Å²) >= 11 is 1.73. The van der Waals surface area contributed by atoms with E-state index >= 15 is 0 Å². The maximum Gasteiger partial charge on any atom is 0.234 e. The van der Waals surface area contributed by atoms with E-state index in [9.17, 15) is 4.79 Å². The molecule has 4 heteroatoms. The van der Waals surface area contributed by atoms with Gasteiger partial charge in [-0.3, -0.25) is 9.69 Å². The van der Waals surface area contributed by atoms with Gasteiger partial charge in [0.1, 0.15) is 0 Å². The number of hydrogen-bond donors (Lipinski definition) is 1. The summed E-state index contributed by atoms with van der Waals surface area (Å²) in [5.41, 5.74) is 4.17. The summed E-state index contributed by atoms with van der Waals surface area (Å²) in [5.74, 6) is 0.0827. The molecule has 0 bridgehead atoms. The average molecular weight is 343 g/mol. The van der Waals surface area contributed by atoms with Crippen LogP contribution in [0.1, 0.15) is 47.4 Å². The third-order valence-corrected chi connectivity index (χ3v) is 5.53. The molecule has 24 heavy (non-hydrogen) atoms. The number of carbonyl (C=O) groups excluding carboxylic acids is 1. The summed E-state index contributed by atoms with van der Waals surface area (Å²) < 4.78 is 0. The standard InChI is InChI=1S/C20H26N2OS/c1-15(17-10-9-16-6-3-4-7-18(16)12-17)21-20(23)14-22(2)13-19-8-5-11-24-19/h5,8-12,15H,3-4,6-7,13-14H2,1-2H3,(H,21,23)/t15-/m1/s1. The van der Waals surface area contributed by atoms with Crippen LogP contribution in [0.4, 0.5) is 0 Å². The lowest BCUT2D eigenvalue weighted by atomic mass is 9.89. The zero-order valence-corrected chi connectivity index (χ0v) is 15.4. The summed E-state index contributed by atoms with van der Waals surface area (Å²) in [6, 6.07) is 10.9. The second kappa shape index (κ2) is 7.95. The van der Waals surface area contributed by atoms with E-state index in [2.05, 4.69) is 46.8 Å². The molecule has 0 spiro atoms. The molecule has 2 aromatic rings. The van der Waals surface area contributed by atoms with E-state index in [0.29, 0.717) is 6.54 Å². The second-order valence-electron chi connectivity index (χ2n) is 6.78. The van der Waals surface area contributed by atoms with Crippen molar-refractivity contribution in [3.8, 4) is 0 Å². The monoisotopic (exact) mass is 342 g/mol. The minimum absolute atomic E-state index is 0.0554. The van der Waals surface area contributed by atoms with E-state index in [-0.39, 0.29) is 11.9 Å². The molecule has 1 aliphatic rings. The quantitative estimate of drug-likeness (QED) is 0.862. The Morgan fingerprint density at radius 1 is 1.25 bits per heavy atom. The highest BCUT2D eigenvalue weighted by Crippen LogP contribution is 2.24. The van der Waals surface area contributed by atoms with Crippen LogP contribution in [0.15, 0.2) is 35.7 Å². The molecular weight excluding hydrogens is 316 g/mol. The molecule has 0 saturated heterocycles. The molecule has 0 fully saturated rings. The normalized spacial score (nSPS) is 15.1. The lowest BCUT2D eigenvalue weighted by Gasteiger charge is -2.21. The van der Waals surface area contributed by atoms with Crippen LogP contribution >= 0.6 is 11.3 Å². The number of fused-ring (bicyclic) bond motifs is 1. The Kier molecular flexibility index (Phi) is 5.69. The lowest BCUT2D eigenvalue weighted by molar-refractivity contribution is -0.122. The van der Waals surface area contributed by atoms with Gasteiger partial charge in [0.2, 0.25) is 5.91 Å². The van der Waals surface area contributed by atoms with Gasteiger partial charge in [-0.05, 0) is 67.8 Å². The van der Waals surface area contributed by atoms with Crippen LogP contribution in [0, 0.1) is 0 Å². The number of rotatable bonds is 6. The summed E-state index contributed by atoms with van der Waals surface area (Å²) in [7, 11) is 1.99. The van der Waals surface area contributed by atoms with Crippen LogP contribution in [0.3, 0.4) is 0 Å². The van der Waals surface area contributed by atoms with Gasteiger partial charge in [-0.25, -0.2) is 0 Å². The number of thiophene rings is 1. The van der Waals surface area contributed by atoms with Crippen molar-refractivity contribution in [1.82, 2.24) is 10.2 Å². The fraction of sp³-hybridized carbons (Fsp3) is 0.450. The van der Waals surface area contributed by atoms with Crippen molar-refractivity contribution in [3.05, 3.63) is 57.3 Å². The summed E-state index contributed by atoms with van der Waals surface area (Å²) in [5, 5.41) is 5.21. The SMILES string of the molecule is C[C@@H](NC(=O)CN(C)Cc1cccs1)c1ccc2c(c1)CCCC2. The molecule has 0 unspecified atom stereocenters. The van der Waals surface area contributed by atoms with Crippen molar-refractivity contribution in [2.45, 2.75) is 45.2 Å². The Morgan fingerprint density at radius 2 is 2.04 bits per heavy atom. The lowest BCUT2D eigenvalue weighted by Crippen LogP contribution is -2.36. The maximum atomic E-state index is 12.3. The first-order valence-corrected chi connectivity index (χ1v) is 9.62. The Bertz CT molecular complexity index is 681. The number of carbonyl (C=O) groups is 1. The molecule has 128 valence electrons. The summed E-state index contributed by atoms with van der Waals surface area (Å²) in [6.07, 6.45) is 4.96. The van der Waals surface area contributed by atoms with Crippen LogP contribution < -0.4 is 5.32 Å². The topological polar surface area (TPSA) is 32.3 Å². The third-order valence-electron chi connectivity index (χ3n) is 4.67. The number of likely N-dealkylation sites (N-methyl/N-ethyl adjacent to an activating group) is 1. The summed E-state index contributed by atoms with van der Waals surface area (Å²) in [6.45, 7) is 3.31. The fourth-order valence-corrected chi connectivity index (χ4v) is 4.15. The molecule has 1 aromatic heterocycles. The molecule has 0 saturated carbocycles. The van der Waals surface area contributed by atoms with Gasteiger partial charge < -0.3 is 5.32 Å². The largest absolute Gasteiger partial charge is 0.348 e. The Hall–Kier alpha value is -1.65. The van der Waals surface area contributed by atoms with Gasteiger partial charge in [0, 0.05) is 11.4 Å². The Balaban J connectivity index is 1.54. The average Bonchev–Trinajstić information content (AvgIpc) is 3.06. The third kappa shape index (κ3) is 4.46. The van der Waals surface area contributed by atoms with Crippen molar-refractivity contribution in [2.75, 3.05) is 13.6 Å². The van der Waals surface area contributed by atoms with Crippen molar-refractivity contribution < 1.29 is 4.79 Å². The van der Waals surface area contributed by atoms with E-state index < -0.39 is 0 Å². The number of aryl methyl sites for hydroxylation is 2. The Labute approximate surface area is 148 Å². The predicted molar refractivity (Wildman–Crippen MR) is 100 cm³/mol. The van der Waals surface area contributed by atoms with Crippen LogP contribution in [-0.2, 0) is 24.2 Å². The van der Waals surface area contributed by atoms with Gasteiger partial charge >= 0.3 is 0 Å². The van der Waals surface area contributed by atoms with Gasteiger partial charge in [0.15, 0.2) is 0 Å². The molecule has 1 atom stereocenters.